The third-order valence-electron chi connectivity index (χ3n) is 10.00. The van der Waals surface area contributed by atoms with E-state index in [2.05, 4.69) is 110 Å². The standard InChI is InChI=1S/C45H31NO4/c1-45(2)34-13-4-6-17-38(34)49-44-35(45)14-10-15-36(44)46(30-25-26-33-32-11-3-5-16-37(32)47-42(33)27-30)29-23-21-28(22-24-29)31-12-9-20-41-43(31)50-40-19-8-7-18-39(40)48-41/h3-27H,1-2H3. The number of furan rings is 1. The van der Waals surface area contributed by atoms with Gasteiger partial charge in [-0.2, -0.15) is 0 Å². The van der Waals surface area contributed by atoms with Crippen molar-refractivity contribution < 1.29 is 18.6 Å². The minimum atomic E-state index is -0.258. The summed E-state index contributed by atoms with van der Waals surface area (Å²) < 4.78 is 25.8. The van der Waals surface area contributed by atoms with E-state index in [0.29, 0.717) is 23.0 Å². The van der Waals surface area contributed by atoms with Crippen LogP contribution in [0, 0.1) is 0 Å². The number of fused-ring (bicyclic) bond motifs is 7. The topological polar surface area (TPSA) is 44.1 Å². The summed E-state index contributed by atoms with van der Waals surface area (Å²) in [6.07, 6.45) is 0. The maximum atomic E-state index is 6.79. The highest BCUT2D eigenvalue weighted by Gasteiger charge is 2.36. The van der Waals surface area contributed by atoms with Crippen molar-refractivity contribution in [3.8, 4) is 45.6 Å². The number of ether oxygens (including phenoxy) is 3. The lowest BCUT2D eigenvalue weighted by Crippen LogP contribution is -2.25. The largest absolute Gasteiger partial charge is 0.456 e. The van der Waals surface area contributed by atoms with Gasteiger partial charge < -0.3 is 23.5 Å². The van der Waals surface area contributed by atoms with Gasteiger partial charge in [0.25, 0.3) is 0 Å². The lowest BCUT2D eigenvalue weighted by molar-refractivity contribution is 0.361. The molecule has 0 unspecified atom stereocenters. The lowest BCUT2D eigenvalue weighted by Gasteiger charge is -2.37. The van der Waals surface area contributed by atoms with E-state index in [0.717, 1.165) is 67.2 Å². The third kappa shape index (κ3) is 4.33. The molecule has 3 heterocycles. The summed E-state index contributed by atoms with van der Waals surface area (Å²) in [7, 11) is 0. The molecule has 2 aliphatic heterocycles. The van der Waals surface area contributed by atoms with Crippen LogP contribution < -0.4 is 19.1 Å². The lowest BCUT2D eigenvalue weighted by atomic mass is 9.75. The van der Waals surface area contributed by atoms with E-state index in [4.69, 9.17) is 18.6 Å². The molecule has 240 valence electrons. The zero-order chi connectivity index (χ0) is 33.4. The molecule has 0 amide bonds. The van der Waals surface area contributed by atoms with Crippen LogP contribution in [0.4, 0.5) is 17.1 Å². The van der Waals surface area contributed by atoms with E-state index in [1.165, 1.54) is 5.56 Å². The molecule has 50 heavy (non-hydrogen) atoms. The van der Waals surface area contributed by atoms with Crippen LogP contribution in [0.15, 0.2) is 156 Å². The second-order valence-corrected chi connectivity index (χ2v) is 13.3. The molecule has 5 heteroatoms. The van der Waals surface area contributed by atoms with Crippen molar-refractivity contribution in [1.82, 2.24) is 0 Å². The number of benzene rings is 7. The van der Waals surface area contributed by atoms with E-state index >= 15 is 0 Å². The van der Waals surface area contributed by atoms with Crippen molar-refractivity contribution >= 4 is 39.0 Å². The van der Waals surface area contributed by atoms with E-state index in [1.54, 1.807) is 0 Å². The Morgan fingerprint density at radius 1 is 0.460 bits per heavy atom. The number of para-hydroxylation sites is 6. The highest BCUT2D eigenvalue weighted by atomic mass is 16.6. The molecule has 0 saturated carbocycles. The van der Waals surface area contributed by atoms with Gasteiger partial charge in [-0.3, -0.25) is 0 Å². The number of anilines is 3. The zero-order valence-corrected chi connectivity index (χ0v) is 27.5. The van der Waals surface area contributed by atoms with Gasteiger partial charge in [-0.25, -0.2) is 0 Å². The minimum absolute atomic E-state index is 0.258. The van der Waals surface area contributed by atoms with E-state index in [1.807, 2.05) is 60.7 Å². The molecule has 10 rings (SSSR count). The normalized spacial score (nSPS) is 13.6. The monoisotopic (exact) mass is 649 g/mol. The average molecular weight is 650 g/mol. The van der Waals surface area contributed by atoms with Gasteiger partial charge in [0.05, 0.1) is 11.4 Å². The number of hydrogen-bond donors (Lipinski definition) is 0. The molecule has 1 aromatic heterocycles. The van der Waals surface area contributed by atoms with Crippen LogP contribution in [0.25, 0.3) is 33.1 Å². The van der Waals surface area contributed by atoms with Crippen LogP contribution in [0.5, 0.6) is 34.5 Å². The van der Waals surface area contributed by atoms with Gasteiger partial charge >= 0.3 is 0 Å². The maximum absolute atomic E-state index is 6.79. The van der Waals surface area contributed by atoms with Gasteiger partial charge in [-0.1, -0.05) is 98.8 Å². The molecule has 0 fully saturated rings. The van der Waals surface area contributed by atoms with Gasteiger partial charge in [0.15, 0.2) is 28.7 Å². The number of nitrogens with zero attached hydrogens (tertiary/aromatic N) is 1. The molecule has 0 spiro atoms. The van der Waals surface area contributed by atoms with Gasteiger partial charge in [-0.05, 0) is 66.2 Å². The Hall–Kier alpha value is -6.46. The van der Waals surface area contributed by atoms with Gasteiger partial charge in [0.1, 0.15) is 16.9 Å². The van der Waals surface area contributed by atoms with E-state index in [9.17, 15) is 0 Å². The van der Waals surface area contributed by atoms with Crippen molar-refractivity contribution in [2.45, 2.75) is 19.3 Å². The van der Waals surface area contributed by atoms with Crippen molar-refractivity contribution in [1.29, 1.82) is 0 Å². The molecular formula is C45H31NO4. The molecule has 0 aliphatic carbocycles. The second-order valence-electron chi connectivity index (χ2n) is 13.3. The third-order valence-corrected chi connectivity index (χ3v) is 10.00. The molecule has 2 aliphatic rings. The number of rotatable bonds is 4. The van der Waals surface area contributed by atoms with E-state index < -0.39 is 0 Å². The Morgan fingerprint density at radius 2 is 1.10 bits per heavy atom. The van der Waals surface area contributed by atoms with Crippen molar-refractivity contribution in [3.63, 3.8) is 0 Å². The average Bonchev–Trinajstić information content (AvgIpc) is 3.52. The first-order valence-corrected chi connectivity index (χ1v) is 16.8. The van der Waals surface area contributed by atoms with Crippen LogP contribution >= 0.6 is 0 Å². The van der Waals surface area contributed by atoms with Crippen LogP contribution in [-0.4, -0.2) is 0 Å². The van der Waals surface area contributed by atoms with Gasteiger partial charge in [0, 0.05) is 44.6 Å². The van der Waals surface area contributed by atoms with Crippen molar-refractivity contribution in [2.75, 3.05) is 4.90 Å². The first kappa shape index (κ1) is 28.5. The fourth-order valence-electron chi connectivity index (χ4n) is 7.47. The molecule has 0 N–H and O–H groups in total. The van der Waals surface area contributed by atoms with Crippen LogP contribution in [0.2, 0.25) is 0 Å². The predicted molar refractivity (Wildman–Crippen MR) is 199 cm³/mol. The summed E-state index contributed by atoms with van der Waals surface area (Å²) in [6.45, 7) is 4.53. The summed E-state index contributed by atoms with van der Waals surface area (Å²) in [4.78, 5) is 2.26. The number of hydrogen-bond acceptors (Lipinski definition) is 5. The fraction of sp³-hybridized carbons (Fsp3) is 0.0667. The Balaban J connectivity index is 1.13. The van der Waals surface area contributed by atoms with Crippen molar-refractivity contribution in [3.05, 3.63) is 163 Å². The molecule has 0 atom stereocenters. The molecule has 8 aromatic rings. The second kappa shape index (κ2) is 10.8. The summed E-state index contributed by atoms with van der Waals surface area (Å²) in [6, 6.07) is 51.7. The first-order chi connectivity index (χ1) is 24.5. The van der Waals surface area contributed by atoms with Gasteiger partial charge in [0.2, 0.25) is 0 Å². The highest BCUT2D eigenvalue weighted by molar-refractivity contribution is 6.06. The Kier molecular flexibility index (Phi) is 6.15. The van der Waals surface area contributed by atoms with Crippen LogP contribution in [-0.2, 0) is 5.41 Å². The summed E-state index contributed by atoms with van der Waals surface area (Å²) in [5.41, 5.74) is 8.60. The molecular weight excluding hydrogens is 618 g/mol. The molecule has 0 saturated heterocycles. The molecule has 5 nitrogen and oxygen atoms in total. The predicted octanol–water partition coefficient (Wildman–Crippen LogP) is 13.1. The smallest absolute Gasteiger partial charge is 0.177 e. The zero-order valence-electron chi connectivity index (χ0n) is 27.5. The quantitative estimate of drug-likeness (QED) is 0.190. The van der Waals surface area contributed by atoms with Crippen LogP contribution in [0.1, 0.15) is 25.0 Å². The summed E-state index contributed by atoms with van der Waals surface area (Å²) in [5.74, 6) is 4.53. The van der Waals surface area contributed by atoms with Crippen molar-refractivity contribution in [2.24, 2.45) is 0 Å². The summed E-state index contributed by atoms with van der Waals surface area (Å²) >= 11 is 0. The Morgan fingerprint density at radius 3 is 1.96 bits per heavy atom. The molecule has 7 aromatic carbocycles. The Labute approximate surface area is 289 Å². The minimum Gasteiger partial charge on any atom is -0.456 e. The summed E-state index contributed by atoms with van der Waals surface area (Å²) in [5, 5.41) is 2.18. The Bertz CT molecular complexity index is 2620. The van der Waals surface area contributed by atoms with Crippen LogP contribution in [0.3, 0.4) is 0 Å². The SMILES string of the molecule is CC1(C)c2ccccc2Oc2c(N(c3ccc(-c4cccc5c4Oc4ccccc4O5)cc3)c3ccc4c(c3)oc3ccccc34)cccc21. The molecule has 0 bridgehead atoms. The molecule has 0 radical (unpaired) electrons. The maximum Gasteiger partial charge on any atom is 0.177 e. The van der Waals surface area contributed by atoms with Gasteiger partial charge in [-0.15, -0.1) is 0 Å². The first-order valence-electron chi connectivity index (χ1n) is 16.8. The van der Waals surface area contributed by atoms with E-state index in [-0.39, 0.29) is 5.41 Å². The highest BCUT2D eigenvalue weighted by Crippen LogP contribution is 2.54. The fourth-order valence-corrected chi connectivity index (χ4v) is 7.47.